The van der Waals surface area contributed by atoms with Gasteiger partial charge in [0, 0.05) is 44.2 Å². The van der Waals surface area contributed by atoms with Crippen LogP contribution >= 0.6 is 0 Å². The standard InChI is InChI=1S/C20H24N6O/c1-13-14(2)22-20(25(3)4)23-18(13)15-7-6-8-16(11-15)19(27)26(5)12-17-9-10-21-24-17/h6-11H,12H2,1-5H3,(H,21,24). The number of aromatic nitrogens is 4. The molecule has 7 nitrogen and oxygen atoms in total. The van der Waals surface area contributed by atoms with Crippen molar-refractivity contribution in [2.45, 2.75) is 20.4 Å². The summed E-state index contributed by atoms with van der Waals surface area (Å²) in [5.74, 6) is 0.601. The number of hydrogen-bond acceptors (Lipinski definition) is 5. The summed E-state index contributed by atoms with van der Waals surface area (Å²) >= 11 is 0. The van der Waals surface area contributed by atoms with Gasteiger partial charge in [-0.15, -0.1) is 0 Å². The van der Waals surface area contributed by atoms with Gasteiger partial charge in [-0.1, -0.05) is 12.1 Å². The first-order valence-electron chi connectivity index (χ1n) is 8.73. The molecule has 2 aromatic heterocycles. The van der Waals surface area contributed by atoms with Gasteiger partial charge in [0.05, 0.1) is 17.9 Å². The molecular weight excluding hydrogens is 340 g/mol. The number of nitrogens with zero attached hydrogens (tertiary/aromatic N) is 5. The number of aryl methyl sites for hydroxylation is 1. The highest BCUT2D eigenvalue weighted by Gasteiger charge is 2.16. The van der Waals surface area contributed by atoms with E-state index in [-0.39, 0.29) is 5.91 Å². The molecule has 0 aliphatic rings. The van der Waals surface area contributed by atoms with Crippen LogP contribution in [0.3, 0.4) is 0 Å². The molecule has 27 heavy (non-hydrogen) atoms. The van der Waals surface area contributed by atoms with Crippen LogP contribution in [-0.4, -0.2) is 52.1 Å². The summed E-state index contributed by atoms with van der Waals surface area (Å²) < 4.78 is 0. The molecule has 0 aliphatic heterocycles. The van der Waals surface area contributed by atoms with Gasteiger partial charge in [0.1, 0.15) is 0 Å². The van der Waals surface area contributed by atoms with Crippen LogP contribution in [-0.2, 0) is 6.54 Å². The minimum atomic E-state index is -0.0530. The van der Waals surface area contributed by atoms with Crippen molar-refractivity contribution in [1.29, 1.82) is 0 Å². The van der Waals surface area contributed by atoms with Gasteiger partial charge in [-0.3, -0.25) is 9.89 Å². The Morgan fingerprint density at radius 1 is 1.11 bits per heavy atom. The molecule has 0 saturated heterocycles. The van der Waals surface area contributed by atoms with E-state index in [0.29, 0.717) is 18.1 Å². The van der Waals surface area contributed by atoms with E-state index in [0.717, 1.165) is 28.2 Å². The number of benzene rings is 1. The molecule has 0 bridgehead atoms. The number of anilines is 1. The number of carbonyl (C=O) groups is 1. The average molecular weight is 364 g/mol. The van der Waals surface area contributed by atoms with E-state index >= 15 is 0 Å². The molecule has 1 N–H and O–H groups in total. The number of nitrogens with one attached hydrogen (secondary N) is 1. The average Bonchev–Trinajstić information content (AvgIpc) is 3.16. The largest absolute Gasteiger partial charge is 0.347 e. The lowest BCUT2D eigenvalue weighted by Gasteiger charge is -2.18. The summed E-state index contributed by atoms with van der Waals surface area (Å²) in [6.45, 7) is 4.45. The van der Waals surface area contributed by atoms with E-state index in [2.05, 4.69) is 20.2 Å². The predicted octanol–water partition coefficient (Wildman–Crippen LogP) is 2.82. The number of aromatic amines is 1. The summed E-state index contributed by atoms with van der Waals surface area (Å²) in [4.78, 5) is 25.6. The maximum Gasteiger partial charge on any atom is 0.253 e. The molecule has 0 spiro atoms. The molecule has 3 rings (SSSR count). The maximum atomic E-state index is 12.8. The van der Waals surface area contributed by atoms with Crippen molar-refractivity contribution in [1.82, 2.24) is 25.1 Å². The Morgan fingerprint density at radius 3 is 2.56 bits per heavy atom. The topological polar surface area (TPSA) is 78.0 Å². The normalized spacial score (nSPS) is 10.7. The van der Waals surface area contributed by atoms with Crippen molar-refractivity contribution >= 4 is 11.9 Å². The van der Waals surface area contributed by atoms with Crippen molar-refractivity contribution in [2.24, 2.45) is 0 Å². The molecule has 3 aromatic rings. The van der Waals surface area contributed by atoms with E-state index in [4.69, 9.17) is 0 Å². The van der Waals surface area contributed by atoms with Crippen LogP contribution in [0.4, 0.5) is 5.95 Å². The van der Waals surface area contributed by atoms with Crippen molar-refractivity contribution in [3.8, 4) is 11.3 Å². The van der Waals surface area contributed by atoms with Gasteiger partial charge in [-0.05, 0) is 37.6 Å². The van der Waals surface area contributed by atoms with E-state index < -0.39 is 0 Å². The fourth-order valence-electron chi connectivity index (χ4n) is 2.82. The third-order valence-electron chi connectivity index (χ3n) is 4.47. The highest BCUT2D eigenvalue weighted by atomic mass is 16.2. The van der Waals surface area contributed by atoms with Crippen LogP contribution in [0.2, 0.25) is 0 Å². The van der Waals surface area contributed by atoms with Gasteiger partial charge < -0.3 is 9.80 Å². The van der Waals surface area contributed by atoms with Gasteiger partial charge in [0.25, 0.3) is 5.91 Å². The summed E-state index contributed by atoms with van der Waals surface area (Å²) in [7, 11) is 5.61. The number of hydrogen-bond donors (Lipinski definition) is 1. The molecule has 0 atom stereocenters. The molecule has 0 fully saturated rings. The first kappa shape index (κ1) is 18.6. The second-order valence-corrected chi connectivity index (χ2v) is 6.80. The lowest BCUT2D eigenvalue weighted by molar-refractivity contribution is 0.0783. The third-order valence-corrected chi connectivity index (χ3v) is 4.47. The third kappa shape index (κ3) is 3.97. The molecule has 0 unspecified atom stereocenters. The first-order chi connectivity index (χ1) is 12.9. The second kappa shape index (κ2) is 7.57. The van der Waals surface area contributed by atoms with Crippen LogP contribution in [0.15, 0.2) is 36.5 Å². The lowest BCUT2D eigenvalue weighted by Crippen LogP contribution is -2.26. The van der Waals surface area contributed by atoms with Gasteiger partial charge in [0.2, 0.25) is 5.95 Å². The van der Waals surface area contributed by atoms with E-state index in [1.807, 2.05) is 63.2 Å². The molecule has 140 valence electrons. The van der Waals surface area contributed by atoms with Crippen molar-refractivity contribution in [3.05, 3.63) is 59.0 Å². The Kier molecular flexibility index (Phi) is 5.21. The zero-order valence-electron chi connectivity index (χ0n) is 16.3. The fourth-order valence-corrected chi connectivity index (χ4v) is 2.82. The Morgan fingerprint density at radius 2 is 1.89 bits per heavy atom. The van der Waals surface area contributed by atoms with Crippen LogP contribution in [0, 0.1) is 13.8 Å². The predicted molar refractivity (Wildman–Crippen MR) is 106 cm³/mol. The van der Waals surface area contributed by atoms with Crippen molar-refractivity contribution < 1.29 is 4.79 Å². The Labute approximate surface area is 159 Å². The summed E-state index contributed by atoms with van der Waals surface area (Å²) in [6, 6.07) is 9.43. The van der Waals surface area contributed by atoms with Gasteiger partial charge in [0.15, 0.2) is 0 Å². The van der Waals surface area contributed by atoms with E-state index in [9.17, 15) is 4.79 Å². The van der Waals surface area contributed by atoms with Gasteiger partial charge >= 0.3 is 0 Å². The smallest absolute Gasteiger partial charge is 0.253 e. The Balaban J connectivity index is 1.93. The van der Waals surface area contributed by atoms with Crippen molar-refractivity contribution in [2.75, 3.05) is 26.0 Å². The number of H-pyrrole nitrogens is 1. The molecule has 7 heteroatoms. The number of carbonyl (C=O) groups excluding carboxylic acids is 1. The quantitative estimate of drug-likeness (QED) is 0.753. The maximum absolute atomic E-state index is 12.8. The Hall–Kier alpha value is -3.22. The molecule has 2 heterocycles. The van der Waals surface area contributed by atoms with Gasteiger partial charge in [-0.2, -0.15) is 5.10 Å². The van der Waals surface area contributed by atoms with Crippen LogP contribution in [0.25, 0.3) is 11.3 Å². The van der Waals surface area contributed by atoms with Crippen LogP contribution < -0.4 is 4.90 Å². The molecule has 0 radical (unpaired) electrons. The van der Waals surface area contributed by atoms with E-state index in [1.165, 1.54) is 0 Å². The summed E-state index contributed by atoms with van der Waals surface area (Å²) in [6.07, 6.45) is 1.68. The monoisotopic (exact) mass is 364 g/mol. The summed E-state index contributed by atoms with van der Waals surface area (Å²) in [5.41, 5.74) is 5.20. The summed E-state index contributed by atoms with van der Waals surface area (Å²) in [5, 5.41) is 6.80. The first-order valence-corrected chi connectivity index (χ1v) is 8.73. The van der Waals surface area contributed by atoms with Gasteiger partial charge in [-0.25, -0.2) is 9.97 Å². The lowest BCUT2D eigenvalue weighted by atomic mass is 10.0. The highest BCUT2D eigenvalue weighted by molar-refractivity contribution is 5.95. The SMILES string of the molecule is Cc1nc(N(C)C)nc(-c2cccc(C(=O)N(C)Cc3ccn[nH]3)c2)c1C. The molecule has 1 aromatic carbocycles. The number of rotatable bonds is 5. The Bertz CT molecular complexity index is 949. The molecule has 0 saturated carbocycles. The second-order valence-electron chi connectivity index (χ2n) is 6.80. The molecular formula is C20H24N6O. The van der Waals surface area contributed by atoms with Crippen LogP contribution in [0.1, 0.15) is 27.3 Å². The van der Waals surface area contributed by atoms with Crippen molar-refractivity contribution in [3.63, 3.8) is 0 Å². The molecule has 0 aliphatic carbocycles. The minimum absolute atomic E-state index is 0.0530. The minimum Gasteiger partial charge on any atom is -0.347 e. The molecule has 1 amide bonds. The fraction of sp³-hybridized carbons (Fsp3) is 0.300. The van der Waals surface area contributed by atoms with Crippen LogP contribution in [0.5, 0.6) is 0 Å². The van der Waals surface area contributed by atoms with E-state index in [1.54, 1.807) is 18.1 Å². The zero-order chi connectivity index (χ0) is 19.6. The number of amides is 1. The highest BCUT2D eigenvalue weighted by Crippen LogP contribution is 2.26. The zero-order valence-corrected chi connectivity index (χ0v) is 16.3.